The van der Waals surface area contributed by atoms with Crippen LogP contribution in [0.3, 0.4) is 0 Å². The SMILES string of the molecule is CC1CCC(C(C)C)C(OC(=O)C[C@]2(C)CC[C@@H](C(C)C)[C@H](O)C2)C1. The molecule has 0 bridgehead atoms. The van der Waals surface area contributed by atoms with Gasteiger partial charge in [0.05, 0.1) is 12.5 Å². The zero-order chi connectivity index (χ0) is 18.8. The molecule has 0 radical (unpaired) electrons. The first-order chi connectivity index (χ1) is 11.6. The molecular formula is C22H40O3. The second kappa shape index (κ2) is 8.41. The van der Waals surface area contributed by atoms with Gasteiger partial charge >= 0.3 is 5.97 Å². The molecule has 0 spiro atoms. The van der Waals surface area contributed by atoms with Crippen LogP contribution in [0.15, 0.2) is 0 Å². The Kier molecular flexibility index (Phi) is 6.98. The predicted molar refractivity (Wildman–Crippen MR) is 102 cm³/mol. The van der Waals surface area contributed by atoms with Gasteiger partial charge in [-0.15, -0.1) is 0 Å². The van der Waals surface area contributed by atoms with Gasteiger partial charge in [0.2, 0.25) is 0 Å². The van der Waals surface area contributed by atoms with Crippen LogP contribution in [-0.4, -0.2) is 23.3 Å². The largest absolute Gasteiger partial charge is 0.462 e. The van der Waals surface area contributed by atoms with Crippen molar-refractivity contribution in [3.8, 4) is 0 Å². The molecule has 0 aromatic heterocycles. The van der Waals surface area contributed by atoms with Gasteiger partial charge in [-0.3, -0.25) is 4.79 Å². The van der Waals surface area contributed by atoms with Crippen molar-refractivity contribution in [1.29, 1.82) is 0 Å². The fraction of sp³-hybridized carbons (Fsp3) is 0.955. The lowest BCUT2D eigenvalue weighted by atomic mass is 9.66. The maximum absolute atomic E-state index is 12.7. The number of rotatable bonds is 5. The summed E-state index contributed by atoms with van der Waals surface area (Å²) >= 11 is 0. The average molecular weight is 353 g/mol. The van der Waals surface area contributed by atoms with E-state index in [2.05, 4.69) is 41.5 Å². The second-order valence-corrected chi connectivity index (χ2v) is 10.1. The average Bonchev–Trinajstić information content (AvgIpc) is 2.45. The molecule has 25 heavy (non-hydrogen) atoms. The summed E-state index contributed by atoms with van der Waals surface area (Å²) in [5, 5.41) is 10.5. The van der Waals surface area contributed by atoms with E-state index in [0.717, 1.165) is 25.7 Å². The third kappa shape index (κ3) is 5.45. The molecule has 3 heteroatoms. The van der Waals surface area contributed by atoms with E-state index in [4.69, 9.17) is 4.74 Å². The topological polar surface area (TPSA) is 46.5 Å². The Hall–Kier alpha value is -0.570. The fourth-order valence-electron chi connectivity index (χ4n) is 5.21. The molecule has 0 aliphatic heterocycles. The van der Waals surface area contributed by atoms with E-state index in [1.54, 1.807) is 0 Å². The van der Waals surface area contributed by atoms with Crippen LogP contribution < -0.4 is 0 Å². The molecule has 2 rings (SSSR count). The minimum absolute atomic E-state index is 0.0533. The highest BCUT2D eigenvalue weighted by atomic mass is 16.5. The van der Waals surface area contributed by atoms with Crippen LogP contribution in [0.1, 0.15) is 86.5 Å². The normalized spacial score (nSPS) is 39.6. The van der Waals surface area contributed by atoms with Crippen molar-refractivity contribution in [2.75, 3.05) is 0 Å². The van der Waals surface area contributed by atoms with Gasteiger partial charge in [-0.25, -0.2) is 0 Å². The van der Waals surface area contributed by atoms with Gasteiger partial charge < -0.3 is 9.84 Å². The van der Waals surface area contributed by atoms with Crippen LogP contribution in [-0.2, 0) is 9.53 Å². The Morgan fingerprint density at radius 1 is 1.12 bits per heavy atom. The first-order valence-electron chi connectivity index (χ1n) is 10.5. The first-order valence-corrected chi connectivity index (χ1v) is 10.5. The monoisotopic (exact) mass is 352 g/mol. The number of ether oxygens (including phenoxy) is 1. The lowest BCUT2D eigenvalue weighted by Crippen LogP contribution is -2.40. The third-order valence-corrected chi connectivity index (χ3v) is 6.95. The Bertz CT molecular complexity index is 445. The van der Waals surface area contributed by atoms with Crippen molar-refractivity contribution >= 4 is 5.97 Å². The smallest absolute Gasteiger partial charge is 0.306 e. The van der Waals surface area contributed by atoms with E-state index in [-0.39, 0.29) is 23.6 Å². The van der Waals surface area contributed by atoms with Gasteiger partial charge in [-0.1, -0.05) is 48.0 Å². The van der Waals surface area contributed by atoms with E-state index in [0.29, 0.717) is 36.0 Å². The second-order valence-electron chi connectivity index (χ2n) is 10.1. The quantitative estimate of drug-likeness (QED) is 0.691. The lowest BCUT2D eigenvalue weighted by Gasteiger charge is -2.42. The number of carbonyl (C=O) groups excluding carboxylic acids is 1. The molecule has 1 N–H and O–H groups in total. The predicted octanol–water partition coefficient (Wildman–Crippen LogP) is 5.20. The summed E-state index contributed by atoms with van der Waals surface area (Å²) in [7, 11) is 0. The minimum atomic E-state index is -0.287. The zero-order valence-corrected chi connectivity index (χ0v) is 17.3. The van der Waals surface area contributed by atoms with Gasteiger partial charge in [0.1, 0.15) is 6.10 Å². The summed E-state index contributed by atoms with van der Waals surface area (Å²) in [5.41, 5.74) is -0.116. The molecule has 0 heterocycles. The van der Waals surface area contributed by atoms with Gasteiger partial charge in [-0.05, 0) is 67.1 Å². The summed E-state index contributed by atoms with van der Waals surface area (Å²) in [6, 6.07) is 0. The molecule has 2 aliphatic rings. The number of esters is 1. The minimum Gasteiger partial charge on any atom is -0.462 e. The van der Waals surface area contributed by atoms with Crippen LogP contribution in [0, 0.1) is 35.0 Å². The molecule has 3 unspecified atom stereocenters. The zero-order valence-electron chi connectivity index (χ0n) is 17.3. The van der Waals surface area contributed by atoms with Crippen molar-refractivity contribution in [3.05, 3.63) is 0 Å². The summed E-state index contributed by atoms with van der Waals surface area (Å²) < 4.78 is 5.99. The van der Waals surface area contributed by atoms with Crippen molar-refractivity contribution in [2.45, 2.75) is 98.7 Å². The van der Waals surface area contributed by atoms with E-state index in [1.165, 1.54) is 12.8 Å². The molecule has 2 fully saturated rings. The van der Waals surface area contributed by atoms with Crippen molar-refractivity contribution in [2.24, 2.45) is 35.0 Å². The Morgan fingerprint density at radius 3 is 2.32 bits per heavy atom. The van der Waals surface area contributed by atoms with Crippen LogP contribution >= 0.6 is 0 Å². The molecular weight excluding hydrogens is 312 g/mol. The number of carbonyl (C=O) groups is 1. The number of aliphatic hydroxyl groups excluding tert-OH is 1. The van der Waals surface area contributed by atoms with Gasteiger partial charge in [0, 0.05) is 0 Å². The highest BCUT2D eigenvalue weighted by Crippen LogP contribution is 2.44. The fourth-order valence-corrected chi connectivity index (χ4v) is 5.21. The standard InChI is InChI=1S/C22H40O3/c1-14(2)17-9-10-22(6,12-19(17)23)13-21(24)25-20-11-16(5)7-8-18(20)15(3)4/h14-20,23H,7-13H2,1-6H3/t16?,17-,18?,19+,20?,22+/m0/s1. The molecule has 6 atom stereocenters. The molecule has 3 nitrogen and oxygen atoms in total. The van der Waals surface area contributed by atoms with Crippen LogP contribution in [0.25, 0.3) is 0 Å². The van der Waals surface area contributed by atoms with E-state index in [1.807, 2.05) is 0 Å². The molecule has 146 valence electrons. The molecule has 0 saturated heterocycles. The van der Waals surface area contributed by atoms with Gasteiger partial charge in [0.15, 0.2) is 0 Å². The maximum atomic E-state index is 12.7. The first kappa shape index (κ1) is 20.7. The Labute approximate surface area is 154 Å². The van der Waals surface area contributed by atoms with Crippen LogP contribution in [0.5, 0.6) is 0 Å². The molecule has 0 amide bonds. The van der Waals surface area contributed by atoms with E-state index in [9.17, 15) is 9.90 Å². The molecule has 2 aliphatic carbocycles. The highest BCUT2D eigenvalue weighted by Gasteiger charge is 2.41. The molecule has 2 saturated carbocycles. The molecule has 0 aromatic rings. The Balaban J connectivity index is 1.92. The number of hydrogen-bond acceptors (Lipinski definition) is 3. The van der Waals surface area contributed by atoms with Gasteiger partial charge in [0.25, 0.3) is 0 Å². The van der Waals surface area contributed by atoms with Crippen LogP contribution in [0.2, 0.25) is 0 Å². The lowest BCUT2D eigenvalue weighted by molar-refractivity contribution is -0.160. The number of hydrogen-bond donors (Lipinski definition) is 1. The Morgan fingerprint density at radius 2 is 1.76 bits per heavy atom. The van der Waals surface area contributed by atoms with Gasteiger partial charge in [-0.2, -0.15) is 0 Å². The van der Waals surface area contributed by atoms with Crippen molar-refractivity contribution in [3.63, 3.8) is 0 Å². The van der Waals surface area contributed by atoms with Crippen molar-refractivity contribution < 1.29 is 14.6 Å². The highest BCUT2D eigenvalue weighted by molar-refractivity contribution is 5.70. The summed E-state index contributed by atoms with van der Waals surface area (Å²) in [4.78, 5) is 12.7. The summed E-state index contributed by atoms with van der Waals surface area (Å²) in [5.74, 6) is 2.52. The third-order valence-electron chi connectivity index (χ3n) is 6.95. The van der Waals surface area contributed by atoms with Crippen molar-refractivity contribution in [1.82, 2.24) is 0 Å². The van der Waals surface area contributed by atoms with Crippen LogP contribution in [0.4, 0.5) is 0 Å². The summed E-state index contributed by atoms with van der Waals surface area (Å²) in [6.45, 7) is 13.3. The maximum Gasteiger partial charge on any atom is 0.306 e. The number of aliphatic hydroxyl groups is 1. The van der Waals surface area contributed by atoms with E-state index >= 15 is 0 Å². The van der Waals surface area contributed by atoms with E-state index < -0.39 is 0 Å². The molecule has 0 aromatic carbocycles. The summed E-state index contributed by atoms with van der Waals surface area (Å²) in [6.07, 6.45) is 6.41.